The minimum Gasteiger partial charge on any atom is -0.377 e. The molecule has 60 heavy (non-hydrogen) atoms. The zero-order chi connectivity index (χ0) is 43.1. The molecule has 1 aliphatic rings. The van der Waals surface area contributed by atoms with Crippen LogP contribution in [0.3, 0.4) is 0 Å². The molecular weight excluding hydrogens is 823 g/mol. The van der Waals surface area contributed by atoms with E-state index in [0.29, 0.717) is 17.9 Å². The van der Waals surface area contributed by atoms with Crippen LogP contribution in [0.4, 0.5) is 39.0 Å². The molecule has 1 atom stereocenters. The zero-order valence-electron chi connectivity index (χ0n) is 32.8. The molecule has 0 radical (unpaired) electrons. The fourth-order valence-corrected chi connectivity index (χ4v) is 7.41. The van der Waals surface area contributed by atoms with Gasteiger partial charge in [0.2, 0.25) is 5.91 Å². The highest BCUT2D eigenvalue weighted by molar-refractivity contribution is 7.98. The van der Waals surface area contributed by atoms with Crippen LogP contribution < -0.4 is 20.3 Å². The Kier molecular flexibility index (Phi) is 14.3. The van der Waals surface area contributed by atoms with Crippen LogP contribution in [0.15, 0.2) is 90.1 Å². The van der Waals surface area contributed by atoms with Crippen LogP contribution in [-0.4, -0.2) is 65.0 Å². The van der Waals surface area contributed by atoms with Gasteiger partial charge in [-0.3, -0.25) is 19.7 Å². The number of alkyl halides is 2. The number of benzene rings is 4. The van der Waals surface area contributed by atoms with Gasteiger partial charge in [0.25, 0.3) is 6.43 Å². The number of nitrogens with one attached hydrogen (secondary N) is 4. The van der Waals surface area contributed by atoms with Crippen LogP contribution >= 0.6 is 23.5 Å². The Hall–Kier alpha value is -5.74. The Balaban J connectivity index is 1.55. The molecule has 0 bridgehead atoms. The molecule has 1 amide bonds. The Morgan fingerprint density at radius 1 is 1.05 bits per heavy atom. The second-order valence-electron chi connectivity index (χ2n) is 14.5. The van der Waals surface area contributed by atoms with E-state index in [9.17, 15) is 27.2 Å². The lowest BCUT2D eigenvalue weighted by molar-refractivity contribution is -0.122. The molecule has 5 aromatic rings. The molecule has 1 unspecified atom stereocenters. The van der Waals surface area contributed by atoms with Crippen molar-refractivity contribution in [2.45, 2.75) is 63.3 Å². The largest absolute Gasteiger partial charge is 0.377 e. The molecule has 1 saturated carbocycles. The summed E-state index contributed by atoms with van der Waals surface area (Å²) < 4.78 is 76.7. The molecule has 1 fully saturated rings. The van der Waals surface area contributed by atoms with Gasteiger partial charge in [-0.1, -0.05) is 49.7 Å². The first-order chi connectivity index (χ1) is 28.7. The normalized spacial score (nSPS) is 13.3. The van der Waals surface area contributed by atoms with Gasteiger partial charge in [-0.05, 0) is 90.4 Å². The van der Waals surface area contributed by atoms with E-state index in [-0.39, 0.29) is 80.1 Å². The van der Waals surface area contributed by atoms with E-state index >= 15 is 4.39 Å². The maximum absolute atomic E-state index is 15.1. The van der Waals surface area contributed by atoms with Gasteiger partial charge in [-0.2, -0.15) is 5.10 Å². The Bertz CT molecular complexity index is 2390. The van der Waals surface area contributed by atoms with Crippen molar-refractivity contribution in [1.82, 2.24) is 19.8 Å². The third kappa shape index (κ3) is 11.1. The van der Waals surface area contributed by atoms with E-state index in [0.717, 1.165) is 30.7 Å². The second kappa shape index (κ2) is 19.5. The highest BCUT2D eigenvalue weighted by atomic mass is 35.5. The van der Waals surface area contributed by atoms with Crippen LogP contribution in [0.5, 0.6) is 0 Å². The number of carbonyl (C=O) groups excluding carboxylic acids is 2. The van der Waals surface area contributed by atoms with E-state index in [1.807, 2.05) is 13.8 Å². The van der Waals surface area contributed by atoms with E-state index in [4.69, 9.17) is 22.0 Å². The van der Waals surface area contributed by atoms with Crippen molar-refractivity contribution in [3.05, 3.63) is 130 Å². The zero-order valence-corrected chi connectivity index (χ0v) is 34.4. The third-order valence-corrected chi connectivity index (χ3v) is 11.0. The number of nitrogens with zero attached hydrogens (tertiary/aromatic N) is 4. The summed E-state index contributed by atoms with van der Waals surface area (Å²) in [6, 6.07) is 16.9. The number of aldehydes is 1. The first-order valence-electron chi connectivity index (χ1n) is 19.0. The van der Waals surface area contributed by atoms with E-state index < -0.39 is 42.4 Å². The maximum Gasteiger partial charge on any atom is 0.255 e. The monoisotopic (exact) mass is 864 g/mol. The van der Waals surface area contributed by atoms with Gasteiger partial charge in [0.1, 0.15) is 35.7 Å². The van der Waals surface area contributed by atoms with Crippen molar-refractivity contribution in [2.75, 3.05) is 23.8 Å². The van der Waals surface area contributed by atoms with Crippen molar-refractivity contribution in [2.24, 2.45) is 4.99 Å². The minimum absolute atomic E-state index is 0.0160. The standard InChI is InChI=1S/C43H42ClF5N8O2S/c1-24(2)34-14-15-57(54-34)22-39(59)52-36(18-25-16-28(45)20-29(46)17-25)43(53-35-19-26(8-9-27(35)23-58)31-6-4-5-7-33(31)47)56(3)37-13-12-32(44)40(41(37)51-21-38(48)49)42(50)55-60-30-10-11-30/h4-9,12-17,19-20,23-24,30,36,38,51H,10-11,18,21-22H2,1-3H3,(H2,50,55)(H,52,59)/b53-43-. The number of carbonyl (C=O) groups is 2. The van der Waals surface area contributed by atoms with Crippen LogP contribution in [0.2, 0.25) is 5.02 Å². The van der Waals surface area contributed by atoms with Crippen molar-refractivity contribution < 1.29 is 31.5 Å². The quantitative estimate of drug-likeness (QED) is 0.0241. The van der Waals surface area contributed by atoms with Gasteiger partial charge >= 0.3 is 0 Å². The lowest BCUT2D eigenvalue weighted by atomic mass is 10.0. The summed E-state index contributed by atoms with van der Waals surface area (Å²) in [4.78, 5) is 32.9. The number of anilines is 2. The van der Waals surface area contributed by atoms with Crippen LogP contribution in [0.1, 0.15) is 59.8 Å². The topological polar surface area (TPSA) is 128 Å². The number of hydrogen-bond donors (Lipinski definition) is 4. The Morgan fingerprint density at radius 3 is 2.43 bits per heavy atom. The number of halogens is 6. The van der Waals surface area contributed by atoms with Crippen LogP contribution in [0.25, 0.3) is 11.1 Å². The molecule has 4 aromatic carbocycles. The molecule has 1 heterocycles. The predicted molar refractivity (Wildman–Crippen MR) is 228 cm³/mol. The lowest BCUT2D eigenvalue weighted by Gasteiger charge is -2.32. The van der Waals surface area contributed by atoms with E-state index in [1.54, 1.807) is 30.5 Å². The number of hydrogen-bond acceptors (Lipinski definition) is 7. The average molecular weight is 865 g/mol. The third-order valence-electron chi connectivity index (χ3n) is 9.52. The number of rotatable bonds is 17. The molecule has 1 aromatic heterocycles. The second-order valence-corrected chi connectivity index (χ2v) is 16.0. The average Bonchev–Trinajstić information content (AvgIpc) is 3.92. The molecule has 6 rings (SSSR count). The molecular formula is C43H42ClF5N8O2S. The van der Waals surface area contributed by atoms with Gasteiger partial charge in [-0.15, -0.1) is 0 Å². The van der Waals surface area contributed by atoms with Crippen LogP contribution in [0, 0.1) is 22.9 Å². The summed E-state index contributed by atoms with van der Waals surface area (Å²) in [7, 11) is 1.52. The molecule has 1 aliphatic carbocycles. The number of aromatic nitrogens is 2. The minimum atomic E-state index is -2.82. The van der Waals surface area contributed by atoms with Crippen molar-refractivity contribution in [3.8, 4) is 11.1 Å². The SMILES string of the molecule is CC(C)c1ccn(CC(=O)NC(Cc2cc(F)cc(F)c2)/C(=N/c2cc(-c3ccccc3F)ccc2C=O)N(C)c2ccc(Cl)c(C(=N)NSC3CC3)c2NCC(F)F)n1. The van der Waals surface area contributed by atoms with E-state index in [2.05, 4.69) is 20.5 Å². The predicted octanol–water partition coefficient (Wildman–Crippen LogP) is 9.55. The van der Waals surface area contributed by atoms with E-state index in [1.165, 1.54) is 65.0 Å². The number of amidine groups is 2. The highest BCUT2D eigenvalue weighted by Crippen LogP contribution is 2.38. The molecule has 314 valence electrons. The summed E-state index contributed by atoms with van der Waals surface area (Å²) in [5.74, 6) is -3.00. The molecule has 4 N–H and O–H groups in total. The van der Waals surface area contributed by atoms with Gasteiger partial charge < -0.3 is 20.3 Å². The Labute approximate surface area is 353 Å². The van der Waals surface area contributed by atoms with Gasteiger partial charge in [0, 0.05) is 42.1 Å². The summed E-state index contributed by atoms with van der Waals surface area (Å²) >= 11 is 7.99. The van der Waals surface area contributed by atoms with Gasteiger partial charge in [-0.25, -0.2) is 26.9 Å². The summed E-state index contributed by atoms with van der Waals surface area (Å²) in [5.41, 5.74) is 1.75. The van der Waals surface area contributed by atoms with Gasteiger partial charge in [0.05, 0.1) is 45.9 Å². The molecule has 0 saturated heterocycles. The smallest absolute Gasteiger partial charge is 0.255 e. The number of likely N-dealkylation sites (N-methyl/N-ethyl adjacent to an activating group) is 1. The summed E-state index contributed by atoms with van der Waals surface area (Å²) in [6.45, 7) is 2.79. The van der Waals surface area contributed by atoms with Crippen LogP contribution in [-0.2, 0) is 17.8 Å². The van der Waals surface area contributed by atoms with Crippen molar-refractivity contribution in [3.63, 3.8) is 0 Å². The molecule has 17 heteroatoms. The first kappa shape index (κ1) is 43.8. The fraction of sp³-hybridized carbons (Fsp3) is 0.279. The number of aliphatic imine (C=N–C) groups is 1. The number of amides is 1. The van der Waals surface area contributed by atoms with Crippen molar-refractivity contribution >= 4 is 64.5 Å². The van der Waals surface area contributed by atoms with Crippen molar-refractivity contribution in [1.29, 1.82) is 5.41 Å². The lowest BCUT2D eigenvalue weighted by Crippen LogP contribution is -2.50. The highest BCUT2D eigenvalue weighted by Gasteiger charge is 2.30. The fourth-order valence-electron chi connectivity index (χ4n) is 6.40. The summed E-state index contributed by atoms with van der Waals surface area (Å²) in [5, 5.41) is 19.4. The Morgan fingerprint density at radius 2 is 1.78 bits per heavy atom. The maximum atomic E-state index is 15.1. The molecule has 10 nitrogen and oxygen atoms in total. The van der Waals surface area contributed by atoms with Gasteiger partial charge in [0.15, 0.2) is 6.29 Å². The first-order valence-corrected chi connectivity index (χ1v) is 20.3. The molecule has 0 aliphatic heterocycles. The summed E-state index contributed by atoms with van der Waals surface area (Å²) in [6.07, 6.45) is 0.982. The molecule has 0 spiro atoms.